The molecule has 2 heterocycles. The smallest absolute Gasteiger partial charge is 0.354 e. The van der Waals surface area contributed by atoms with Crippen molar-refractivity contribution in [1.82, 2.24) is 4.98 Å². The van der Waals surface area contributed by atoms with Crippen LogP contribution in [-0.4, -0.2) is 21.0 Å². The number of carboxylic acid groups (broad SMARTS) is 1. The van der Waals surface area contributed by atoms with E-state index in [0.29, 0.717) is 6.54 Å². The molecule has 0 bridgehead atoms. The summed E-state index contributed by atoms with van der Waals surface area (Å²) >= 11 is 1.56. The van der Waals surface area contributed by atoms with E-state index in [-0.39, 0.29) is 17.2 Å². The Labute approximate surface area is 118 Å². The van der Waals surface area contributed by atoms with Crippen molar-refractivity contribution in [2.75, 3.05) is 5.32 Å². The van der Waals surface area contributed by atoms with Crippen molar-refractivity contribution in [1.29, 1.82) is 0 Å². The summed E-state index contributed by atoms with van der Waals surface area (Å²) in [4.78, 5) is 27.0. The van der Waals surface area contributed by atoms with Crippen molar-refractivity contribution in [2.45, 2.75) is 13.5 Å². The third kappa shape index (κ3) is 3.09. The molecule has 0 spiro atoms. The lowest BCUT2D eigenvalue weighted by Crippen LogP contribution is -2.08. The molecule has 7 nitrogen and oxygen atoms in total. The van der Waals surface area contributed by atoms with E-state index >= 15 is 0 Å². The molecule has 2 aromatic rings. The molecule has 0 saturated heterocycles. The zero-order valence-corrected chi connectivity index (χ0v) is 11.3. The number of anilines is 1. The Morgan fingerprint density at radius 1 is 1.45 bits per heavy atom. The van der Waals surface area contributed by atoms with Gasteiger partial charge < -0.3 is 10.4 Å². The highest BCUT2D eigenvalue weighted by Crippen LogP contribution is 2.24. The molecule has 2 N–H and O–H groups in total. The highest BCUT2D eigenvalue weighted by Gasteiger charge is 2.18. The number of aromatic carboxylic acids is 1. The molecule has 0 amide bonds. The van der Waals surface area contributed by atoms with Crippen molar-refractivity contribution < 1.29 is 14.8 Å². The Kier molecular flexibility index (Phi) is 3.94. The van der Waals surface area contributed by atoms with Gasteiger partial charge in [-0.1, -0.05) is 0 Å². The number of thiophene rings is 1. The molecule has 2 aromatic heterocycles. The Bertz CT molecular complexity index is 668. The highest BCUT2D eigenvalue weighted by atomic mass is 32.1. The number of hydrogen-bond donors (Lipinski definition) is 2. The molecule has 0 fully saturated rings. The molecule has 20 heavy (non-hydrogen) atoms. The van der Waals surface area contributed by atoms with Gasteiger partial charge in [-0.3, -0.25) is 10.1 Å². The number of rotatable bonds is 5. The quantitative estimate of drug-likeness (QED) is 0.648. The number of carbonyl (C=O) groups is 1. The topological polar surface area (TPSA) is 105 Å². The molecular formula is C12H11N3O4S. The molecule has 0 unspecified atom stereocenters. The van der Waals surface area contributed by atoms with Crippen LogP contribution in [0.15, 0.2) is 24.3 Å². The van der Waals surface area contributed by atoms with Gasteiger partial charge in [0.25, 0.3) is 0 Å². The average Bonchev–Trinajstić information content (AvgIpc) is 2.81. The van der Waals surface area contributed by atoms with Crippen LogP contribution < -0.4 is 5.32 Å². The van der Waals surface area contributed by atoms with Crippen LogP contribution >= 0.6 is 11.3 Å². The van der Waals surface area contributed by atoms with E-state index in [4.69, 9.17) is 5.11 Å². The fourth-order valence-corrected chi connectivity index (χ4v) is 2.43. The van der Waals surface area contributed by atoms with Gasteiger partial charge in [-0.15, -0.1) is 11.3 Å². The summed E-state index contributed by atoms with van der Waals surface area (Å²) in [6.45, 7) is 2.31. The van der Waals surface area contributed by atoms with E-state index < -0.39 is 10.9 Å². The maximum atomic E-state index is 10.9. The number of carboxylic acids is 1. The van der Waals surface area contributed by atoms with Crippen LogP contribution in [0.1, 0.15) is 20.2 Å². The van der Waals surface area contributed by atoms with Crippen LogP contribution in [0, 0.1) is 17.0 Å². The summed E-state index contributed by atoms with van der Waals surface area (Å²) in [7, 11) is 0. The van der Waals surface area contributed by atoms with E-state index in [0.717, 1.165) is 21.9 Å². The molecule has 104 valence electrons. The Hall–Kier alpha value is -2.48. The van der Waals surface area contributed by atoms with E-state index in [1.54, 1.807) is 11.3 Å². The summed E-state index contributed by atoms with van der Waals surface area (Å²) in [5, 5.41) is 22.6. The van der Waals surface area contributed by atoms with Crippen LogP contribution in [0.4, 0.5) is 11.5 Å². The predicted molar refractivity (Wildman–Crippen MR) is 74.2 cm³/mol. The first-order chi connectivity index (χ1) is 9.47. The predicted octanol–water partition coefficient (Wildman–Crippen LogP) is 2.67. The van der Waals surface area contributed by atoms with Crippen molar-refractivity contribution in [3.63, 3.8) is 0 Å². The zero-order chi connectivity index (χ0) is 14.7. The minimum Gasteiger partial charge on any atom is -0.477 e. The van der Waals surface area contributed by atoms with Gasteiger partial charge >= 0.3 is 11.7 Å². The van der Waals surface area contributed by atoms with Crippen LogP contribution in [0.3, 0.4) is 0 Å². The molecule has 0 aromatic carbocycles. The van der Waals surface area contributed by atoms with Crippen molar-refractivity contribution in [3.8, 4) is 0 Å². The largest absolute Gasteiger partial charge is 0.477 e. The highest BCUT2D eigenvalue weighted by molar-refractivity contribution is 7.11. The molecule has 8 heteroatoms. The second kappa shape index (κ2) is 5.66. The second-order valence-electron chi connectivity index (χ2n) is 3.99. The SMILES string of the molecule is Cc1ccc(CNc2nc(C(=O)O)ccc2[N+](=O)[O-])s1. The molecular weight excluding hydrogens is 282 g/mol. The first-order valence-corrected chi connectivity index (χ1v) is 6.47. The Morgan fingerprint density at radius 2 is 2.20 bits per heavy atom. The van der Waals surface area contributed by atoms with Crippen molar-refractivity contribution >= 4 is 28.8 Å². The standard InChI is InChI=1S/C12H11N3O4S/c1-7-2-3-8(20-7)6-13-11-10(15(18)19)5-4-9(14-11)12(16)17/h2-5H,6H2,1H3,(H,13,14)(H,16,17). The van der Waals surface area contributed by atoms with Gasteiger partial charge in [-0.2, -0.15) is 0 Å². The third-order valence-corrected chi connectivity index (χ3v) is 3.52. The summed E-state index contributed by atoms with van der Waals surface area (Å²) < 4.78 is 0. The van der Waals surface area contributed by atoms with Gasteiger partial charge in [0.1, 0.15) is 0 Å². The maximum absolute atomic E-state index is 10.9. The van der Waals surface area contributed by atoms with Crippen LogP contribution in [0.25, 0.3) is 0 Å². The van der Waals surface area contributed by atoms with Gasteiger partial charge in [0.2, 0.25) is 5.82 Å². The lowest BCUT2D eigenvalue weighted by molar-refractivity contribution is -0.384. The normalized spacial score (nSPS) is 10.2. The monoisotopic (exact) mass is 293 g/mol. The molecule has 0 aliphatic rings. The maximum Gasteiger partial charge on any atom is 0.354 e. The van der Waals surface area contributed by atoms with Gasteiger partial charge in [0, 0.05) is 15.8 Å². The number of nitrogens with one attached hydrogen (secondary N) is 1. The fraction of sp³-hybridized carbons (Fsp3) is 0.167. The lowest BCUT2D eigenvalue weighted by atomic mass is 10.3. The van der Waals surface area contributed by atoms with Crippen LogP contribution in [-0.2, 0) is 6.54 Å². The van der Waals surface area contributed by atoms with Gasteiger partial charge in [0.05, 0.1) is 11.5 Å². The first-order valence-electron chi connectivity index (χ1n) is 5.65. The fourth-order valence-electron chi connectivity index (χ4n) is 1.60. The Balaban J connectivity index is 2.25. The number of nitrogens with zero attached hydrogens (tertiary/aromatic N) is 2. The van der Waals surface area contributed by atoms with Crippen molar-refractivity contribution in [2.24, 2.45) is 0 Å². The van der Waals surface area contributed by atoms with Gasteiger partial charge in [0.15, 0.2) is 5.69 Å². The van der Waals surface area contributed by atoms with E-state index in [2.05, 4.69) is 10.3 Å². The minimum absolute atomic E-state index is 0.0408. The number of aromatic nitrogens is 1. The summed E-state index contributed by atoms with van der Waals surface area (Å²) in [6.07, 6.45) is 0. The zero-order valence-electron chi connectivity index (χ0n) is 10.5. The van der Waals surface area contributed by atoms with Crippen LogP contribution in [0.2, 0.25) is 0 Å². The third-order valence-electron chi connectivity index (χ3n) is 2.52. The van der Waals surface area contributed by atoms with Gasteiger partial charge in [-0.05, 0) is 25.1 Å². The van der Waals surface area contributed by atoms with E-state index in [1.807, 2.05) is 19.1 Å². The molecule has 2 rings (SSSR count). The minimum atomic E-state index is -1.23. The average molecular weight is 293 g/mol. The number of aryl methyl sites for hydroxylation is 1. The Morgan fingerprint density at radius 3 is 2.75 bits per heavy atom. The molecule has 0 saturated carbocycles. The molecule has 0 aliphatic carbocycles. The molecule has 0 aliphatic heterocycles. The summed E-state index contributed by atoms with van der Waals surface area (Å²) in [5.41, 5.74) is -0.483. The number of nitro groups is 1. The van der Waals surface area contributed by atoms with Crippen LogP contribution in [0.5, 0.6) is 0 Å². The molecule has 0 atom stereocenters. The first kappa shape index (κ1) is 13.9. The van der Waals surface area contributed by atoms with Gasteiger partial charge in [-0.25, -0.2) is 9.78 Å². The number of pyridine rings is 1. The number of hydrogen-bond acceptors (Lipinski definition) is 6. The van der Waals surface area contributed by atoms with Crippen molar-refractivity contribution in [3.05, 3.63) is 49.8 Å². The molecule has 0 radical (unpaired) electrons. The second-order valence-corrected chi connectivity index (χ2v) is 5.36. The van der Waals surface area contributed by atoms with E-state index in [9.17, 15) is 14.9 Å². The summed E-state index contributed by atoms with van der Waals surface area (Å²) in [5.74, 6) is -1.27. The summed E-state index contributed by atoms with van der Waals surface area (Å²) in [6, 6.07) is 6.09. The van der Waals surface area contributed by atoms with E-state index in [1.165, 1.54) is 0 Å². The lowest BCUT2D eigenvalue weighted by Gasteiger charge is -2.05.